The molecule has 124 valence electrons. The smallest absolute Gasteiger partial charge is 0.257 e. The molecule has 1 amide bonds. The third-order valence-corrected chi connectivity index (χ3v) is 4.32. The first-order valence-corrected chi connectivity index (χ1v) is 7.78. The number of carbonyl (C=O) groups excluding carboxylic acids is 1. The van der Waals surface area contributed by atoms with Crippen molar-refractivity contribution in [1.82, 2.24) is 20.0 Å². The second-order valence-corrected chi connectivity index (χ2v) is 5.74. The molecule has 1 N–H and O–H groups in total. The van der Waals surface area contributed by atoms with Gasteiger partial charge in [0.25, 0.3) is 5.91 Å². The maximum Gasteiger partial charge on any atom is 0.257 e. The van der Waals surface area contributed by atoms with E-state index in [9.17, 15) is 4.79 Å². The maximum absolute atomic E-state index is 12.8. The highest BCUT2D eigenvalue weighted by atomic mass is 35.5. The van der Waals surface area contributed by atoms with E-state index >= 15 is 0 Å². The molecule has 5 nitrogen and oxygen atoms in total. The van der Waals surface area contributed by atoms with Crippen LogP contribution in [-0.4, -0.2) is 46.8 Å². The highest BCUT2D eigenvalue weighted by molar-refractivity contribution is 5.95. The Bertz CT molecular complexity index is 656. The Labute approximate surface area is 143 Å². The number of rotatable bonds is 4. The van der Waals surface area contributed by atoms with Gasteiger partial charge in [0, 0.05) is 19.1 Å². The third-order valence-electron chi connectivity index (χ3n) is 4.32. The van der Waals surface area contributed by atoms with Crippen molar-refractivity contribution >= 4 is 18.3 Å². The Morgan fingerprint density at radius 1 is 1.35 bits per heavy atom. The topological polar surface area (TPSA) is 50.2 Å². The lowest BCUT2D eigenvalue weighted by atomic mass is 10.2. The first-order chi connectivity index (χ1) is 10.7. The van der Waals surface area contributed by atoms with Crippen LogP contribution in [0.2, 0.25) is 0 Å². The molecule has 1 aromatic heterocycles. The van der Waals surface area contributed by atoms with E-state index in [-0.39, 0.29) is 24.4 Å². The Kier molecular flexibility index (Phi) is 5.80. The number of hydrogen-bond donors (Lipinski definition) is 1. The van der Waals surface area contributed by atoms with Gasteiger partial charge >= 0.3 is 0 Å². The molecule has 2 aromatic rings. The van der Waals surface area contributed by atoms with Gasteiger partial charge in [-0.05, 0) is 38.9 Å². The van der Waals surface area contributed by atoms with Crippen LogP contribution in [-0.2, 0) is 0 Å². The maximum atomic E-state index is 12.8. The van der Waals surface area contributed by atoms with Crippen LogP contribution in [0.4, 0.5) is 0 Å². The number of nitrogens with one attached hydrogen (secondary N) is 1. The molecule has 0 saturated carbocycles. The molecule has 0 aliphatic carbocycles. The van der Waals surface area contributed by atoms with Crippen LogP contribution in [0.1, 0.15) is 28.9 Å². The van der Waals surface area contributed by atoms with Gasteiger partial charge in [-0.25, -0.2) is 4.68 Å². The first-order valence-electron chi connectivity index (χ1n) is 7.78. The molecular weight excluding hydrogens is 312 g/mol. The summed E-state index contributed by atoms with van der Waals surface area (Å²) in [6.45, 7) is 3.63. The minimum Gasteiger partial charge on any atom is -0.334 e. The first kappa shape index (κ1) is 17.5. The molecule has 3 rings (SSSR count). The fourth-order valence-electron chi connectivity index (χ4n) is 3.15. The van der Waals surface area contributed by atoms with Gasteiger partial charge in [-0.15, -0.1) is 12.4 Å². The molecule has 1 aliphatic rings. The normalized spacial score (nSPS) is 17.1. The number of carbonyl (C=O) groups is 1. The van der Waals surface area contributed by atoms with Gasteiger partial charge in [-0.3, -0.25) is 4.79 Å². The van der Waals surface area contributed by atoms with Crippen LogP contribution in [0, 0.1) is 6.92 Å². The number of likely N-dealkylation sites (tertiary alicyclic amines) is 1. The molecule has 1 saturated heterocycles. The number of benzene rings is 1. The third kappa shape index (κ3) is 3.41. The highest BCUT2D eigenvalue weighted by Gasteiger charge is 2.30. The number of hydrogen-bond acceptors (Lipinski definition) is 3. The van der Waals surface area contributed by atoms with Gasteiger partial charge in [0.1, 0.15) is 0 Å². The number of para-hydroxylation sites is 1. The van der Waals surface area contributed by atoms with Gasteiger partial charge in [-0.1, -0.05) is 18.2 Å². The van der Waals surface area contributed by atoms with E-state index in [0.717, 1.165) is 37.3 Å². The van der Waals surface area contributed by atoms with Gasteiger partial charge in [-0.2, -0.15) is 5.10 Å². The molecule has 1 aromatic carbocycles. The molecule has 1 fully saturated rings. The van der Waals surface area contributed by atoms with Crippen molar-refractivity contribution in [3.63, 3.8) is 0 Å². The number of amides is 1. The summed E-state index contributed by atoms with van der Waals surface area (Å²) in [5.41, 5.74) is 2.57. The van der Waals surface area contributed by atoms with Crippen molar-refractivity contribution < 1.29 is 4.79 Å². The summed E-state index contributed by atoms with van der Waals surface area (Å²) in [7, 11) is 1.93. The van der Waals surface area contributed by atoms with E-state index < -0.39 is 0 Å². The van der Waals surface area contributed by atoms with Gasteiger partial charge < -0.3 is 10.2 Å². The fraction of sp³-hybridized carbons (Fsp3) is 0.412. The van der Waals surface area contributed by atoms with Crippen molar-refractivity contribution in [1.29, 1.82) is 0 Å². The van der Waals surface area contributed by atoms with E-state index in [1.54, 1.807) is 6.20 Å². The van der Waals surface area contributed by atoms with E-state index in [1.165, 1.54) is 0 Å². The minimum atomic E-state index is 0. The zero-order valence-electron chi connectivity index (χ0n) is 13.5. The second-order valence-electron chi connectivity index (χ2n) is 5.74. The standard InChI is InChI=1S/C17H22N4O.ClH/c1-13-16(12-19-21(13)14-7-4-3-5-8-14)17(22)20-10-6-9-15(20)11-18-2;/h3-5,7-8,12,15,18H,6,9-11H2,1-2H3;1H. The summed E-state index contributed by atoms with van der Waals surface area (Å²) in [6, 6.07) is 10.2. The summed E-state index contributed by atoms with van der Waals surface area (Å²) < 4.78 is 1.83. The molecule has 1 unspecified atom stereocenters. The van der Waals surface area contributed by atoms with Crippen LogP contribution < -0.4 is 5.32 Å². The average molecular weight is 335 g/mol. The van der Waals surface area contributed by atoms with E-state index in [2.05, 4.69) is 10.4 Å². The SMILES string of the molecule is CNCC1CCCN1C(=O)c1cnn(-c2ccccc2)c1C.Cl. The summed E-state index contributed by atoms with van der Waals surface area (Å²) in [6.07, 6.45) is 3.84. The Hall–Kier alpha value is -1.85. The van der Waals surface area contributed by atoms with Crippen molar-refractivity contribution in [2.75, 3.05) is 20.1 Å². The lowest BCUT2D eigenvalue weighted by Gasteiger charge is -2.24. The van der Waals surface area contributed by atoms with Crippen LogP contribution in [0.15, 0.2) is 36.5 Å². The molecule has 0 spiro atoms. The van der Waals surface area contributed by atoms with E-state index in [4.69, 9.17) is 0 Å². The largest absolute Gasteiger partial charge is 0.334 e. The molecule has 6 heteroatoms. The van der Waals surface area contributed by atoms with Gasteiger partial charge in [0.2, 0.25) is 0 Å². The summed E-state index contributed by atoms with van der Waals surface area (Å²) in [5.74, 6) is 0.0948. The average Bonchev–Trinajstić information content (AvgIpc) is 3.15. The fourth-order valence-corrected chi connectivity index (χ4v) is 3.15. The van der Waals surface area contributed by atoms with E-state index in [0.29, 0.717) is 5.56 Å². The number of halogens is 1. The molecule has 23 heavy (non-hydrogen) atoms. The van der Waals surface area contributed by atoms with Crippen molar-refractivity contribution in [3.05, 3.63) is 47.8 Å². The number of nitrogens with zero attached hydrogens (tertiary/aromatic N) is 3. The molecule has 0 bridgehead atoms. The quantitative estimate of drug-likeness (QED) is 0.934. The molecule has 2 heterocycles. The number of likely N-dealkylation sites (N-methyl/N-ethyl adjacent to an activating group) is 1. The van der Waals surface area contributed by atoms with Crippen LogP contribution in [0.3, 0.4) is 0 Å². The number of aromatic nitrogens is 2. The highest BCUT2D eigenvalue weighted by Crippen LogP contribution is 2.22. The van der Waals surface area contributed by atoms with Crippen LogP contribution >= 0.6 is 12.4 Å². The summed E-state index contributed by atoms with van der Waals surface area (Å²) >= 11 is 0. The lowest BCUT2D eigenvalue weighted by molar-refractivity contribution is 0.0736. The lowest BCUT2D eigenvalue weighted by Crippen LogP contribution is -2.41. The van der Waals surface area contributed by atoms with Crippen LogP contribution in [0.25, 0.3) is 5.69 Å². The molecule has 1 aliphatic heterocycles. The van der Waals surface area contributed by atoms with Crippen molar-refractivity contribution in [2.45, 2.75) is 25.8 Å². The zero-order chi connectivity index (χ0) is 15.5. The molecular formula is C17H23ClN4O. The second kappa shape index (κ2) is 7.62. The summed E-state index contributed by atoms with van der Waals surface area (Å²) in [4.78, 5) is 14.8. The Balaban J connectivity index is 0.00000192. The van der Waals surface area contributed by atoms with Crippen LogP contribution in [0.5, 0.6) is 0 Å². The van der Waals surface area contributed by atoms with E-state index in [1.807, 2.05) is 53.9 Å². The predicted molar refractivity (Wildman–Crippen MR) is 93.5 cm³/mol. The van der Waals surface area contributed by atoms with Crippen molar-refractivity contribution in [2.24, 2.45) is 0 Å². The Morgan fingerprint density at radius 3 is 2.78 bits per heavy atom. The van der Waals surface area contributed by atoms with Crippen molar-refractivity contribution in [3.8, 4) is 5.69 Å². The van der Waals surface area contributed by atoms with Gasteiger partial charge in [0.05, 0.1) is 23.1 Å². The minimum absolute atomic E-state index is 0. The summed E-state index contributed by atoms with van der Waals surface area (Å²) in [5, 5.41) is 7.58. The van der Waals surface area contributed by atoms with Gasteiger partial charge in [0.15, 0.2) is 0 Å². The predicted octanol–water partition coefficient (Wildman–Crippen LogP) is 2.43. The monoisotopic (exact) mass is 334 g/mol. The molecule has 0 radical (unpaired) electrons. The Morgan fingerprint density at radius 2 is 2.09 bits per heavy atom. The zero-order valence-corrected chi connectivity index (χ0v) is 14.3. The molecule has 1 atom stereocenters.